The number of benzene rings is 1. The molecule has 4 nitrogen and oxygen atoms in total. The number of carbonyl (C=O) groups is 2. The number of morpholine rings is 1. The molecule has 5 heteroatoms. The third-order valence-corrected chi connectivity index (χ3v) is 4.38. The van der Waals surface area contributed by atoms with Crippen molar-refractivity contribution in [3.8, 4) is 0 Å². The highest BCUT2D eigenvalue weighted by atomic mass is 32.2. The predicted molar refractivity (Wildman–Crippen MR) is 83.8 cm³/mol. The lowest BCUT2D eigenvalue weighted by atomic mass is 10.1. The van der Waals surface area contributed by atoms with E-state index in [1.807, 2.05) is 36.1 Å². The lowest BCUT2D eigenvalue weighted by Crippen LogP contribution is -2.41. The first-order chi connectivity index (χ1) is 10.2. The van der Waals surface area contributed by atoms with E-state index in [9.17, 15) is 9.59 Å². The fourth-order valence-corrected chi connectivity index (χ4v) is 2.96. The Hall–Kier alpha value is -1.33. The van der Waals surface area contributed by atoms with E-state index in [4.69, 9.17) is 4.74 Å². The molecule has 0 unspecified atom stereocenters. The standard InChI is InChI=1S/C16H21NO3S/c1-2-3-15(18)13-4-6-14(7-5-13)21-12-16(19)17-8-10-20-11-9-17/h4-7H,2-3,8-12H2,1H3. The number of hydrogen-bond acceptors (Lipinski definition) is 4. The van der Waals surface area contributed by atoms with E-state index in [-0.39, 0.29) is 11.7 Å². The van der Waals surface area contributed by atoms with Crippen LogP contribution in [0.2, 0.25) is 0 Å². The lowest BCUT2D eigenvalue weighted by Gasteiger charge is -2.26. The first-order valence-electron chi connectivity index (χ1n) is 7.32. The van der Waals surface area contributed by atoms with Gasteiger partial charge < -0.3 is 9.64 Å². The highest BCUT2D eigenvalue weighted by molar-refractivity contribution is 8.00. The predicted octanol–water partition coefficient (Wildman–Crippen LogP) is 2.62. The van der Waals surface area contributed by atoms with Crippen LogP contribution in [0.1, 0.15) is 30.1 Å². The zero-order valence-electron chi connectivity index (χ0n) is 12.3. The van der Waals surface area contributed by atoms with Crippen molar-refractivity contribution in [2.24, 2.45) is 0 Å². The van der Waals surface area contributed by atoms with Crippen molar-refractivity contribution in [3.63, 3.8) is 0 Å². The number of ketones is 1. The van der Waals surface area contributed by atoms with Gasteiger partial charge in [-0.3, -0.25) is 9.59 Å². The van der Waals surface area contributed by atoms with Gasteiger partial charge in [0.1, 0.15) is 0 Å². The molecule has 114 valence electrons. The van der Waals surface area contributed by atoms with Gasteiger partial charge in [-0.25, -0.2) is 0 Å². The number of hydrogen-bond donors (Lipinski definition) is 0. The van der Waals surface area contributed by atoms with Crippen LogP contribution < -0.4 is 0 Å². The van der Waals surface area contributed by atoms with E-state index < -0.39 is 0 Å². The number of thioether (sulfide) groups is 1. The Morgan fingerprint density at radius 2 is 1.86 bits per heavy atom. The molecule has 0 bridgehead atoms. The summed E-state index contributed by atoms with van der Waals surface area (Å²) in [4.78, 5) is 26.6. The number of ether oxygens (including phenoxy) is 1. The minimum absolute atomic E-state index is 0.148. The molecule has 0 saturated carbocycles. The average molecular weight is 307 g/mol. The quantitative estimate of drug-likeness (QED) is 0.599. The van der Waals surface area contributed by atoms with Gasteiger partial charge in [-0.05, 0) is 18.6 Å². The molecule has 0 aliphatic carbocycles. The second kappa shape index (κ2) is 8.20. The zero-order valence-corrected chi connectivity index (χ0v) is 13.2. The van der Waals surface area contributed by atoms with E-state index in [0.717, 1.165) is 16.9 Å². The molecule has 1 fully saturated rings. The zero-order chi connectivity index (χ0) is 15.1. The Kier molecular flexibility index (Phi) is 6.26. The van der Waals surface area contributed by atoms with Crippen LogP contribution in [-0.2, 0) is 9.53 Å². The van der Waals surface area contributed by atoms with Gasteiger partial charge in [-0.15, -0.1) is 11.8 Å². The van der Waals surface area contributed by atoms with Gasteiger partial charge in [0.25, 0.3) is 0 Å². The molecule has 2 rings (SSSR count). The summed E-state index contributed by atoms with van der Waals surface area (Å²) in [5, 5.41) is 0. The fourth-order valence-electron chi connectivity index (χ4n) is 2.16. The molecule has 1 aromatic carbocycles. The first kappa shape index (κ1) is 16.0. The monoisotopic (exact) mass is 307 g/mol. The second-order valence-corrected chi connectivity index (χ2v) is 6.03. The van der Waals surface area contributed by atoms with Crippen molar-refractivity contribution in [3.05, 3.63) is 29.8 Å². The molecule has 0 atom stereocenters. The highest BCUT2D eigenvalue weighted by Gasteiger charge is 2.16. The summed E-state index contributed by atoms with van der Waals surface area (Å²) in [7, 11) is 0. The van der Waals surface area contributed by atoms with E-state index in [2.05, 4.69) is 0 Å². The molecular formula is C16H21NO3S. The normalized spacial score (nSPS) is 15.0. The number of Topliss-reactive ketones (excluding diaryl/α,β-unsaturated/α-hetero) is 1. The minimum Gasteiger partial charge on any atom is -0.378 e. The van der Waals surface area contributed by atoms with Crippen molar-refractivity contribution in [2.75, 3.05) is 32.1 Å². The van der Waals surface area contributed by atoms with Crippen LogP contribution in [0.15, 0.2) is 29.2 Å². The molecule has 21 heavy (non-hydrogen) atoms. The summed E-state index contributed by atoms with van der Waals surface area (Å²) >= 11 is 1.51. The number of carbonyl (C=O) groups excluding carboxylic acids is 2. The van der Waals surface area contributed by atoms with Crippen LogP contribution in [0.25, 0.3) is 0 Å². The van der Waals surface area contributed by atoms with Crippen LogP contribution in [-0.4, -0.2) is 48.6 Å². The summed E-state index contributed by atoms with van der Waals surface area (Å²) in [6, 6.07) is 7.53. The van der Waals surface area contributed by atoms with E-state index in [1.165, 1.54) is 11.8 Å². The van der Waals surface area contributed by atoms with Crippen LogP contribution in [0.5, 0.6) is 0 Å². The van der Waals surface area contributed by atoms with Gasteiger partial charge in [0.05, 0.1) is 19.0 Å². The molecule has 0 radical (unpaired) electrons. The van der Waals surface area contributed by atoms with Gasteiger partial charge in [-0.1, -0.05) is 19.1 Å². The van der Waals surface area contributed by atoms with Crippen molar-refractivity contribution in [1.82, 2.24) is 4.90 Å². The Labute approximate surface area is 129 Å². The highest BCUT2D eigenvalue weighted by Crippen LogP contribution is 2.20. The van der Waals surface area contributed by atoms with Gasteiger partial charge in [0, 0.05) is 30.0 Å². The van der Waals surface area contributed by atoms with Crippen LogP contribution in [0.3, 0.4) is 0 Å². The van der Waals surface area contributed by atoms with Crippen molar-refractivity contribution in [2.45, 2.75) is 24.7 Å². The third kappa shape index (κ3) is 4.86. The van der Waals surface area contributed by atoms with E-state index in [0.29, 0.717) is 38.5 Å². The smallest absolute Gasteiger partial charge is 0.233 e. The molecule has 0 N–H and O–H groups in total. The Morgan fingerprint density at radius 3 is 2.48 bits per heavy atom. The average Bonchev–Trinajstić information content (AvgIpc) is 2.54. The fraction of sp³-hybridized carbons (Fsp3) is 0.500. The summed E-state index contributed by atoms with van der Waals surface area (Å²) < 4.78 is 5.24. The molecule has 1 aliphatic rings. The maximum Gasteiger partial charge on any atom is 0.233 e. The van der Waals surface area contributed by atoms with Crippen LogP contribution >= 0.6 is 11.8 Å². The maximum atomic E-state index is 12.0. The van der Waals surface area contributed by atoms with Crippen LogP contribution in [0.4, 0.5) is 0 Å². The van der Waals surface area contributed by atoms with E-state index >= 15 is 0 Å². The third-order valence-electron chi connectivity index (χ3n) is 3.38. The van der Waals surface area contributed by atoms with E-state index in [1.54, 1.807) is 0 Å². The SMILES string of the molecule is CCCC(=O)c1ccc(SCC(=O)N2CCOCC2)cc1. The summed E-state index contributed by atoms with van der Waals surface area (Å²) in [5.74, 6) is 0.760. The number of amides is 1. The molecule has 1 heterocycles. The van der Waals surface area contributed by atoms with Crippen molar-refractivity contribution < 1.29 is 14.3 Å². The maximum absolute atomic E-state index is 12.0. The molecule has 1 saturated heterocycles. The summed E-state index contributed by atoms with van der Waals surface area (Å²) in [5.41, 5.74) is 0.751. The van der Waals surface area contributed by atoms with Crippen LogP contribution in [0, 0.1) is 0 Å². The van der Waals surface area contributed by atoms with Crippen molar-refractivity contribution >= 4 is 23.5 Å². The molecule has 1 aliphatic heterocycles. The lowest BCUT2D eigenvalue weighted by molar-refractivity contribution is -0.132. The molecule has 1 aromatic rings. The Morgan fingerprint density at radius 1 is 1.19 bits per heavy atom. The second-order valence-electron chi connectivity index (χ2n) is 4.98. The Bertz CT molecular complexity index is 481. The van der Waals surface area contributed by atoms with Gasteiger partial charge >= 0.3 is 0 Å². The molecular weight excluding hydrogens is 286 g/mol. The molecule has 1 amide bonds. The van der Waals surface area contributed by atoms with Gasteiger partial charge in [-0.2, -0.15) is 0 Å². The van der Waals surface area contributed by atoms with Gasteiger partial charge in [0.2, 0.25) is 5.91 Å². The Balaban J connectivity index is 1.83. The minimum atomic E-state index is 0.148. The first-order valence-corrected chi connectivity index (χ1v) is 8.31. The van der Waals surface area contributed by atoms with Crippen molar-refractivity contribution in [1.29, 1.82) is 0 Å². The molecule has 0 aromatic heterocycles. The number of nitrogens with zero attached hydrogens (tertiary/aromatic N) is 1. The largest absolute Gasteiger partial charge is 0.378 e. The molecule has 0 spiro atoms. The summed E-state index contributed by atoms with van der Waals surface area (Å²) in [6.07, 6.45) is 1.45. The topological polar surface area (TPSA) is 46.6 Å². The number of rotatable bonds is 6. The summed E-state index contributed by atoms with van der Waals surface area (Å²) in [6.45, 7) is 4.63. The van der Waals surface area contributed by atoms with Gasteiger partial charge in [0.15, 0.2) is 5.78 Å².